The van der Waals surface area contributed by atoms with Crippen molar-refractivity contribution in [2.45, 2.75) is 18.6 Å². The molecule has 2 aliphatic heterocycles. The van der Waals surface area contributed by atoms with Crippen LogP contribution in [-0.2, 0) is 15.1 Å². The third-order valence-corrected chi connectivity index (χ3v) is 5.57. The molecule has 7 nitrogen and oxygen atoms in total. The van der Waals surface area contributed by atoms with E-state index in [1.807, 2.05) is 42.5 Å². The van der Waals surface area contributed by atoms with Crippen LogP contribution in [0.5, 0.6) is 0 Å². The third kappa shape index (κ3) is 3.48. The van der Waals surface area contributed by atoms with Crippen LogP contribution in [0.4, 0.5) is 4.79 Å². The molecule has 2 saturated heterocycles. The second-order valence-corrected chi connectivity index (χ2v) is 7.60. The number of benzene rings is 2. The first-order valence-corrected chi connectivity index (χ1v) is 9.59. The molecular formula is C21H25N3O4. The van der Waals surface area contributed by atoms with Gasteiger partial charge in [-0.3, -0.25) is 14.6 Å². The highest BCUT2D eigenvalue weighted by Gasteiger charge is 2.49. The normalized spacial score (nSPS) is 24.6. The maximum Gasteiger partial charge on any atom is 0.325 e. The van der Waals surface area contributed by atoms with Gasteiger partial charge in [0.15, 0.2) is 0 Å². The Morgan fingerprint density at radius 1 is 1.11 bits per heavy atom. The third-order valence-electron chi connectivity index (χ3n) is 5.57. The monoisotopic (exact) mass is 383 g/mol. The maximum absolute atomic E-state index is 13.1. The van der Waals surface area contributed by atoms with Crippen LogP contribution in [0.1, 0.15) is 12.5 Å². The van der Waals surface area contributed by atoms with Crippen molar-refractivity contribution in [2.75, 3.05) is 39.4 Å². The van der Waals surface area contributed by atoms with Crippen LogP contribution >= 0.6 is 0 Å². The molecule has 0 unspecified atom stereocenters. The Balaban J connectivity index is 1.50. The summed E-state index contributed by atoms with van der Waals surface area (Å²) in [7, 11) is 0. The van der Waals surface area contributed by atoms with Crippen molar-refractivity contribution in [1.29, 1.82) is 0 Å². The number of nitrogens with one attached hydrogen (secondary N) is 1. The lowest BCUT2D eigenvalue weighted by Crippen LogP contribution is -2.46. The van der Waals surface area contributed by atoms with Gasteiger partial charge in [0.25, 0.3) is 5.91 Å². The van der Waals surface area contributed by atoms with E-state index in [1.54, 1.807) is 6.92 Å². The zero-order valence-corrected chi connectivity index (χ0v) is 15.9. The predicted molar refractivity (Wildman–Crippen MR) is 105 cm³/mol. The first-order valence-electron chi connectivity index (χ1n) is 9.59. The van der Waals surface area contributed by atoms with Gasteiger partial charge in [0.05, 0.1) is 25.9 Å². The molecule has 2 aromatic rings. The zero-order chi connectivity index (χ0) is 19.7. The van der Waals surface area contributed by atoms with Gasteiger partial charge in [-0.25, -0.2) is 4.79 Å². The van der Waals surface area contributed by atoms with Gasteiger partial charge in [-0.15, -0.1) is 0 Å². The summed E-state index contributed by atoms with van der Waals surface area (Å²) in [5.74, 6) is -0.339. The fourth-order valence-corrected chi connectivity index (χ4v) is 3.91. The molecule has 2 fully saturated rings. The van der Waals surface area contributed by atoms with E-state index in [9.17, 15) is 14.7 Å². The quantitative estimate of drug-likeness (QED) is 0.761. The lowest BCUT2D eigenvalue weighted by Gasteiger charge is -2.29. The highest BCUT2D eigenvalue weighted by atomic mass is 16.5. The number of morpholine rings is 1. The first-order chi connectivity index (χ1) is 13.5. The number of imide groups is 1. The molecule has 2 N–H and O–H groups in total. The molecule has 0 aromatic heterocycles. The Morgan fingerprint density at radius 2 is 1.82 bits per heavy atom. The van der Waals surface area contributed by atoms with Gasteiger partial charge in [0.2, 0.25) is 0 Å². The van der Waals surface area contributed by atoms with Crippen LogP contribution in [0.3, 0.4) is 0 Å². The second-order valence-electron chi connectivity index (χ2n) is 7.60. The fourth-order valence-electron chi connectivity index (χ4n) is 3.91. The van der Waals surface area contributed by atoms with E-state index in [-0.39, 0.29) is 12.5 Å². The summed E-state index contributed by atoms with van der Waals surface area (Å²) in [5, 5.41) is 15.3. The van der Waals surface area contributed by atoms with E-state index in [4.69, 9.17) is 4.74 Å². The maximum atomic E-state index is 13.1. The van der Waals surface area contributed by atoms with E-state index in [0.29, 0.717) is 19.8 Å². The summed E-state index contributed by atoms with van der Waals surface area (Å²) in [6.07, 6.45) is -0.799. The molecule has 2 aromatic carbocycles. The first kappa shape index (κ1) is 18.9. The summed E-state index contributed by atoms with van der Waals surface area (Å²) >= 11 is 0. The largest absolute Gasteiger partial charge is 0.390 e. The summed E-state index contributed by atoms with van der Waals surface area (Å²) in [6, 6.07) is 13.2. The van der Waals surface area contributed by atoms with Crippen LogP contribution in [0.2, 0.25) is 0 Å². The summed E-state index contributed by atoms with van der Waals surface area (Å²) in [5.41, 5.74) is -0.408. The number of ether oxygens (including phenoxy) is 1. The Labute approximate surface area is 163 Å². The van der Waals surface area contributed by atoms with E-state index < -0.39 is 17.7 Å². The second kappa shape index (κ2) is 7.50. The summed E-state index contributed by atoms with van der Waals surface area (Å²) in [4.78, 5) is 28.8. The van der Waals surface area contributed by atoms with Crippen molar-refractivity contribution in [3.63, 3.8) is 0 Å². The van der Waals surface area contributed by atoms with E-state index in [1.165, 1.54) is 0 Å². The molecule has 0 spiro atoms. The highest BCUT2D eigenvalue weighted by Crippen LogP contribution is 2.31. The number of carbonyl (C=O) groups excluding carboxylic acids is 2. The van der Waals surface area contributed by atoms with Crippen LogP contribution < -0.4 is 5.32 Å². The van der Waals surface area contributed by atoms with Crippen molar-refractivity contribution < 1.29 is 19.4 Å². The molecule has 7 heteroatoms. The number of amides is 3. The zero-order valence-electron chi connectivity index (χ0n) is 15.9. The van der Waals surface area contributed by atoms with Crippen LogP contribution in [0.25, 0.3) is 10.8 Å². The number of rotatable bonds is 5. The number of carbonyl (C=O) groups is 2. The van der Waals surface area contributed by atoms with Crippen molar-refractivity contribution in [2.24, 2.45) is 0 Å². The summed E-state index contributed by atoms with van der Waals surface area (Å²) < 4.78 is 5.30. The minimum Gasteiger partial charge on any atom is -0.390 e. The minimum atomic E-state index is -1.14. The van der Waals surface area contributed by atoms with Gasteiger partial charge in [0, 0.05) is 19.6 Å². The van der Waals surface area contributed by atoms with Gasteiger partial charge >= 0.3 is 6.03 Å². The van der Waals surface area contributed by atoms with Crippen molar-refractivity contribution >= 4 is 22.7 Å². The molecule has 2 aliphatic rings. The predicted octanol–water partition coefficient (Wildman–Crippen LogP) is 1.30. The Hall–Kier alpha value is -2.48. The molecule has 4 rings (SSSR count). The molecule has 0 radical (unpaired) electrons. The topological polar surface area (TPSA) is 82.1 Å². The molecular weight excluding hydrogens is 358 g/mol. The van der Waals surface area contributed by atoms with Gasteiger partial charge < -0.3 is 15.2 Å². The number of fused-ring (bicyclic) bond motifs is 1. The number of nitrogens with zero attached hydrogens (tertiary/aromatic N) is 2. The van der Waals surface area contributed by atoms with Gasteiger partial charge in [-0.2, -0.15) is 0 Å². The summed E-state index contributed by atoms with van der Waals surface area (Å²) in [6.45, 7) is 4.85. The van der Waals surface area contributed by atoms with Crippen molar-refractivity contribution in [3.05, 3.63) is 48.0 Å². The van der Waals surface area contributed by atoms with Crippen LogP contribution in [0.15, 0.2) is 42.5 Å². The van der Waals surface area contributed by atoms with E-state index in [0.717, 1.165) is 34.3 Å². The number of β-amino-alcohol motifs (C(OH)–C–C–N with tert-alkyl or cyclic N) is 1. The number of hydrogen-bond donors (Lipinski definition) is 2. The molecule has 2 atom stereocenters. The lowest BCUT2D eigenvalue weighted by atomic mass is 9.90. The molecule has 3 amide bonds. The highest BCUT2D eigenvalue weighted by molar-refractivity contribution is 6.07. The number of aliphatic hydroxyl groups excluding tert-OH is 1. The van der Waals surface area contributed by atoms with Crippen molar-refractivity contribution in [3.8, 4) is 0 Å². The number of hydrogen-bond acceptors (Lipinski definition) is 5. The molecule has 0 bridgehead atoms. The molecule has 2 heterocycles. The fraction of sp³-hybridized carbons (Fsp3) is 0.429. The smallest absolute Gasteiger partial charge is 0.325 e. The minimum absolute atomic E-state index is 0.0226. The average molecular weight is 383 g/mol. The van der Waals surface area contributed by atoms with E-state index >= 15 is 0 Å². The Kier molecular flexibility index (Phi) is 5.05. The SMILES string of the molecule is C[C@@]1(c2ccc3ccccc3c2)NC(=O)N(C[C@H](O)CN2CCOCC2)C1=O. The van der Waals surface area contributed by atoms with Crippen molar-refractivity contribution in [1.82, 2.24) is 15.1 Å². The average Bonchev–Trinajstić information content (AvgIpc) is 2.92. The standard InChI is InChI=1S/C21H25N3O4/c1-21(17-7-6-15-4-2-3-5-16(15)12-17)19(26)24(20(27)22-21)14-18(25)13-23-8-10-28-11-9-23/h2-7,12,18,25H,8-11,13-14H2,1H3,(H,22,27)/t18-,21+/m1/s1. The lowest BCUT2D eigenvalue weighted by molar-refractivity contribution is -0.132. The molecule has 28 heavy (non-hydrogen) atoms. The molecule has 0 aliphatic carbocycles. The van der Waals surface area contributed by atoms with Crippen LogP contribution in [0, 0.1) is 0 Å². The van der Waals surface area contributed by atoms with Crippen LogP contribution in [-0.4, -0.2) is 72.3 Å². The van der Waals surface area contributed by atoms with Gasteiger partial charge in [-0.1, -0.05) is 36.4 Å². The Bertz CT molecular complexity index is 896. The van der Waals surface area contributed by atoms with E-state index in [2.05, 4.69) is 10.2 Å². The Morgan fingerprint density at radius 3 is 2.57 bits per heavy atom. The number of urea groups is 1. The number of aliphatic hydroxyl groups is 1. The molecule has 148 valence electrons. The van der Waals surface area contributed by atoms with Gasteiger partial charge in [0.1, 0.15) is 5.54 Å². The van der Waals surface area contributed by atoms with Gasteiger partial charge in [-0.05, 0) is 29.3 Å². The molecule has 0 saturated carbocycles.